The van der Waals surface area contributed by atoms with Crippen molar-refractivity contribution in [3.63, 3.8) is 0 Å². The van der Waals surface area contributed by atoms with Crippen molar-refractivity contribution < 1.29 is 4.74 Å². The Kier molecular flexibility index (Phi) is 4.23. The maximum absolute atomic E-state index is 6.23. The van der Waals surface area contributed by atoms with E-state index in [1.54, 1.807) is 0 Å². The molecule has 116 valence electrons. The average molecular weight is 288 g/mol. The van der Waals surface area contributed by atoms with E-state index < -0.39 is 0 Å². The van der Waals surface area contributed by atoms with Gasteiger partial charge in [0.05, 0.1) is 6.61 Å². The predicted octanol–water partition coefficient (Wildman–Crippen LogP) is 3.03. The molecule has 1 heterocycles. The van der Waals surface area contributed by atoms with Gasteiger partial charge in [-0.3, -0.25) is 4.90 Å². The van der Waals surface area contributed by atoms with Gasteiger partial charge >= 0.3 is 0 Å². The quantitative estimate of drug-likeness (QED) is 0.905. The molecular weight excluding hydrogens is 260 g/mol. The summed E-state index contributed by atoms with van der Waals surface area (Å²) in [6.07, 6.45) is 3.75. The van der Waals surface area contributed by atoms with Crippen molar-refractivity contribution >= 4 is 0 Å². The van der Waals surface area contributed by atoms with Crippen LogP contribution in [0, 0.1) is 11.3 Å². The zero-order valence-corrected chi connectivity index (χ0v) is 13.3. The van der Waals surface area contributed by atoms with Crippen LogP contribution in [0.4, 0.5) is 0 Å². The summed E-state index contributed by atoms with van der Waals surface area (Å²) in [7, 11) is 0. The second kappa shape index (κ2) is 5.98. The zero-order chi connectivity index (χ0) is 14.9. The minimum atomic E-state index is 0.196. The highest BCUT2D eigenvalue weighted by atomic mass is 16.5. The van der Waals surface area contributed by atoms with Crippen LogP contribution in [0.25, 0.3) is 0 Å². The third kappa shape index (κ3) is 3.78. The third-order valence-electron chi connectivity index (χ3n) is 4.93. The van der Waals surface area contributed by atoms with E-state index in [1.807, 2.05) is 0 Å². The van der Waals surface area contributed by atoms with Gasteiger partial charge in [-0.1, -0.05) is 32.0 Å². The molecule has 1 aromatic carbocycles. The highest BCUT2D eigenvalue weighted by molar-refractivity contribution is 5.33. The topological polar surface area (TPSA) is 38.5 Å². The summed E-state index contributed by atoms with van der Waals surface area (Å²) in [5, 5.41) is 0. The molecule has 0 spiro atoms. The Morgan fingerprint density at radius 2 is 2.00 bits per heavy atom. The van der Waals surface area contributed by atoms with Gasteiger partial charge in [0.25, 0.3) is 0 Å². The molecule has 1 aliphatic carbocycles. The van der Waals surface area contributed by atoms with Gasteiger partial charge in [-0.15, -0.1) is 0 Å². The highest BCUT2D eigenvalue weighted by Crippen LogP contribution is 2.32. The van der Waals surface area contributed by atoms with Crippen LogP contribution < -0.4 is 10.5 Å². The summed E-state index contributed by atoms with van der Waals surface area (Å²) in [6, 6.07) is 8.81. The second-order valence-corrected chi connectivity index (χ2v) is 7.46. The van der Waals surface area contributed by atoms with Gasteiger partial charge in [-0.05, 0) is 36.7 Å². The standard InChI is InChI=1S/C18H28N2O/c1-18(2)13-20(10-9-17(18)19)11-15-5-3-4-6-16(15)21-12-14-7-8-14/h3-6,14,17H,7-13,19H2,1-2H3. The Morgan fingerprint density at radius 3 is 2.71 bits per heavy atom. The van der Waals surface area contributed by atoms with E-state index in [0.29, 0.717) is 6.04 Å². The van der Waals surface area contributed by atoms with Crippen LogP contribution in [0.1, 0.15) is 38.7 Å². The minimum absolute atomic E-state index is 0.196. The van der Waals surface area contributed by atoms with Crippen molar-refractivity contribution in [2.45, 2.75) is 45.7 Å². The molecule has 3 rings (SSSR count). The molecule has 2 fully saturated rings. The fourth-order valence-electron chi connectivity index (χ4n) is 3.13. The lowest BCUT2D eigenvalue weighted by molar-refractivity contribution is 0.0889. The Bertz CT molecular complexity index is 482. The van der Waals surface area contributed by atoms with E-state index in [2.05, 4.69) is 43.0 Å². The molecule has 0 bridgehead atoms. The molecule has 0 radical (unpaired) electrons. The number of para-hydroxylation sites is 1. The summed E-state index contributed by atoms with van der Waals surface area (Å²) in [5.41, 5.74) is 7.74. The zero-order valence-electron chi connectivity index (χ0n) is 13.3. The van der Waals surface area contributed by atoms with Gasteiger partial charge in [-0.25, -0.2) is 0 Å². The molecule has 2 aliphatic rings. The number of nitrogens with zero attached hydrogens (tertiary/aromatic N) is 1. The number of piperidine rings is 1. The summed E-state index contributed by atoms with van der Waals surface area (Å²) >= 11 is 0. The van der Waals surface area contributed by atoms with E-state index in [-0.39, 0.29) is 5.41 Å². The SMILES string of the molecule is CC1(C)CN(Cc2ccccc2OCC2CC2)CCC1N. The molecular formula is C18H28N2O. The lowest BCUT2D eigenvalue weighted by atomic mass is 9.79. The first-order chi connectivity index (χ1) is 10.0. The molecule has 0 aromatic heterocycles. The van der Waals surface area contributed by atoms with Crippen LogP contribution in [0.2, 0.25) is 0 Å². The lowest BCUT2D eigenvalue weighted by Crippen LogP contribution is -2.52. The number of hydrogen-bond acceptors (Lipinski definition) is 3. The molecule has 2 N–H and O–H groups in total. The van der Waals surface area contributed by atoms with Crippen molar-refractivity contribution in [3.8, 4) is 5.75 Å². The Labute approximate surface area is 128 Å². The number of benzene rings is 1. The van der Waals surface area contributed by atoms with Crippen LogP contribution >= 0.6 is 0 Å². The van der Waals surface area contributed by atoms with Crippen LogP contribution in [0.5, 0.6) is 5.75 Å². The van der Waals surface area contributed by atoms with E-state index in [0.717, 1.165) is 44.3 Å². The van der Waals surface area contributed by atoms with Gasteiger partial charge in [0, 0.05) is 31.2 Å². The molecule has 1 atom stereocenters. The molecule has 21 heavy (non-hydrogen) atoms. The van der Waals surface area contributed by atoms with E-state index >= 15 is 0 Å². The van der Waals surface area contributed by atoms with Crippen molar-refractivity contribution in [3.05, 3.63) is 29.8 Å². The molecule has 1 saturated heterocycles. The summed E-state index contributed by atoms with van der Waals surface area (Å²) in [4.78, 5) is 2.52. The number of rotatable bonds is 5. The second-order valence-electron chi connectivity index (χ2n) is 7.46. The minimum Gasteiger partial charge on any atom is -0.493 e. The van der Waals surface area contributed by atoms with Crippen LogP contribution in [-0.4, -0.2) is 30.6 Å². The number of hydrogen-bond donors (Lipinski definition) is 1. The maximum Gasteiger partial charge on any atom is 0.123 e. The Balaban J connectivity index is 1.63. The first-order valence-corrected chi connectivity index (χ1v) is 8.23. The highest BCUT2D eigenvalue weighted by Gasteiger charge is 2.33. The first-order valence-electron chi connectivity index (χ1n) is 8.23. The summed E-state index contributed by atoms with van der Waals surface area (Å²) < 4.78 is 6.02. The van der Waals surface area contributed by atoms with Crippen molar-refractivity contribution in [2.24, 2.45) is 17.1 Å². The van der Waals surface area contributed by atoms with Crippen LogP contribution in [0.15, 0.2) is 24.3 Å². The van der Waals surface area contributed by atoms with E-state index in [9.17, 15) is 0 Å². The first kappa shape index (κ1) is 14.9. The third-order valence-corrected chi connectivity index (χ3v) is 4.93. The van der Waals surface area contributed by atoms with Crippen molar-refractivity contribution in [2.75, 3.05) is 19.7 Å². The Hall–Kier alpha value is -1.06. The fourth-order valence-corrected chi connectivity index (χ4v) is 3.13. The molecule has 1 saturated carbocycles. The molecule has 1 aromatic rings. The number of nitrogens with two attached hydrogens (primary N) is 1. The van der Waals surface area contributed by atoms with Crippen molar-refractivity contribution in [1.82, 2.24) is 4.90 Å². The van der Waals surface area contributed by atoms with Gasteiger partial charge in [0.1, 0.15) is 5.75 Å². The van der Waals surface area contributed by atoms with Gasteiger partial charge in [0.15, 0.2) is 0 Å². The number of likely N-dealkylation sites (tertiary alicyclic amines) is 1. The smallest absolute Gasteiger partial charge is 0.123 e. The predicted molar refractivity (Wildman–Crippen MR) is 86.3 cm³/mol. The van der Waals surface area contributed by atoms with Gasteiger partial charge in [0.2, 0.25) is 0 Å². The van der Waals surface area contributed by atoms with E-state index in [1.165, 1.54) is 18.4 Å². The molecule has 3 heteroatoms. The van der Waals surface area contributed by atoms with Crippen LogP contribution in [0.3, 0.4) is 0 Å². The largest absolute Gasteiger partial charge is 0.493 e. The molecule has 3 nitrogen and oxygen atoms in total. The number of ether oxygens (including phenoxy) is 1. The maximum atomic E-state index is 6.23. The molecule has 1 aliphatic heterocycles. The van der Waals surface area contributed by atoms with Gasteiger partial charge < -0.3 is 10.5 Å². The Morgan fingerprint density at radius 1 is 1.24 bits per heavy atom. The lowest BCUT2D eigenvalue weighted by Gasteiger charge is -2.42. The molecule has 0 amide bonds. The monoisotopic (exact) mass is 288 g/mol. The summed E-state index contributed by atoms with van der Waals surface area (Å²) in [6.45, 7) is 8.55. The normalized spacial score (nSPS) is 25.8. The average Bonchev–Trinajstić information content (AvgIpc) is 3.26. The molecule has 1 unspecified atom stereocenters. The van der Waals surface area contributed by atoms with Crippen molar-refractivity contribution in [1.29, 1.82) is 0 Å². The summed E-state index contributed by atoms with van der Waals surface area (Å²) in [5.74, 6) is 1.86. The van der Waals surface area contributed by atoms with Crippen LogP contribution in [-0.2, 0) is 6.54 Å². The van der Waals surface area contributed by atoms with Gasteiger partial charge in [-0.2, -0.15) is 0 Å². The van der Waals surface area contributed by atoms with E-state index in [4.69, 9.17) is 10.5 Å². The fraction of sp³-hybridized carbons (Fsp3) is 0.667.